The summed E-state index contributed by atoms with van der Waals surface area (Å²) in [5.41, 5.74) is 2.27. The van der Waals surface area contributed by atoms with E-state index in [4.69, 9.17) is 4.74 Å². The van der Waals surface area contributed by atoms with Crippen molar-refractivity contribution >= 4 is 11.9 Å². The Morgan fingerprint density at radius 2 is 1.78 bits per heavy atom. The fraction of sp³-hybridized carbons (Fsp3) is 0.222. The average molecular weight is 315 g/mol. The van der Waals surface area contributed by atoms with Crippen LogP contribution in [-0.2, 0) is 22.5 Å². The number of esters is 1. The molecule has 0 aromatic heterocycles. The van der Waals surface area contributed by atoms with Crippen molar-refractivity contribution < 1.29 is 18.7 Å². The number of benzene rings is 2. The van der Waals surface area contributed by atoms with Crippen LogP contribution >= 0.6 is 0 Å². The van der Waals surface area contributed by atoms with Crippen LogP contribution in [0.1, 0.15) is 28.4 Å². The molecule has 0 aliphatic heterocycles. The fourth-order valence-corrected chi connectivity index (χ4v) is 1.97. The van der Waals surface area contributed by atoms with Gasteiger partial charge in [0, 0.05) is 6.54 Å². The summed E-state index contributed by atoms with van der Waals surface area (Å²) in [5, 5.41) is 2.66. The van der Waals surface area contributed by atoms with Gasteiger partial charge in [-0.25, -0.2) is 9.18 Å². The molecule has 0 saturated heterocycles. The lowest BCUT2D eigenvalue weighted by atomic mass is 10.1. The van der Waals surface area contributed by atoms with Crippen LogP contribution in [-0.4, -0.2) is 18.5 Å². The number of hydrogen-bond acceptors (Lipinski definition) is 3. The quantitative estimate of drug-likeness (QED) is 0.834. The number of halogens is 1. The van der Waals surface area contributed by atoms with Gasteiger partial charge in [-0.1, -0.05) is 37.3 Å². The van der Waals surface area contributed by atoms with Gasteiger partial charge < -0.3 is 10.1 Å². The van der Waals surface area contributed by atoms with Crippen LogP contribution in [0.25, 0.3) is 0 Å². The topological polar surface area (TPSA) is 55.4 Å². The first-order valence-electron chi connectivity index (χ1n) is 7.35. The summed E-state index contributed by atoms with van der Waals surface area (Å²) in [4.78, 5) is 23.4. The van der Waals surface area contributed by atoms with Crippen LogP contribution < -0.4 is 5.32 Å². The number of ether oxygens (including phenoxy) is 1. The number of rotatable bonds is 6. The maximum absolute atomic E-state index is 13.0. The lowest BCUT2D eigenvalue weighted by Crippen LogP contribution is -2.28. The highest BCUT2D eigenvalue weighted by Crippen LogP contribution is 2.06. The number of aryl methyl sites for hydroxylation is 1. The fourth-order valence-electron chi connectivity index (χ4n) is 1.97. The van der Waals surface area contributed by atoms with Gasteiger partial charge in [-0.2, -0.15) is 0 Å². The molecule has 120 valence electrons. The molecule has 1 N–H and O–H groups in total. The Labute approximate surface area is 134 Å². The Bertz CT molecular complexity index is 683. The monoisotopic (exact) mass is 315 g/mol. The highest BCUT2D eigenvalue weighted by atomic mass is 19.1. The lowest BCUT2D eigenvalue weighted by Gasteiger charge is -2.07. The maximum atomic E-state index is 13.0. The zero-order chi connectivity index (χ0) is 16.7. The van der Waals surface area contributed by atoms with E-state index in [1.165, 1.54) is 23.8 Å². The molecule has 0 saturated carbocycles. The minimum absolute atomic E-state index is 0.0768. The minimum atomic E-state index is -0.730. The number of carbonyl (C=O) groups excluding carboxylic acids is 2. The summed E-state index contributed by atoms with van der Waals surface area (Å²) in [6.07, 6.45) is 0.961. The molecule has 0 atom stereocenters. The van der Waals surface area contributed by atoms with Gasteiger partial charge in [-0.05, 0) is 35.7 Å². The van der Waals surface area contributed by atoms with Gasteiger partial charge in [0.1, 0.15) is 5.82 Å². The first-order valence-corrected chi connectivity index (χ1v) is 7.35. The molecular weight excluding hydrogens is 297 g/mol. The summed E-state index contributed by atoms with van der Waals surface area (Å²) in [5.74, 6) is -1.67. The van der Waals surface area contributed by atoms with Crippen molar-refractivity contribution in [1.29, 1.82) is 0 Å². The van der Waals surface area contributed by atoms with Crippen molar-refractivity contribution in [2.24, 2.45) is 0 Å². The molecule has 4 nitrogen and oxygen atoms in total. The van der Waals surface area contributed by atoms with Crippen molar-refractivity contribution in [3.05, 3.63) is 71.0 Å². The van der Waals surface area contributed by atoms with Crippen molar-refractivity contribution in [1.82, 2.24) is 5.32 Å². The number of carbonyl (C=O) groups is 2. The summed E-state index contributed by atoms with van der Waals surface area (Å²) in [7, 11) is 0. The molecule has 1 amide bonds. The number of nitrogens with one attached hydrogen (secondary N) is 1. The molecule has 0 aliphatic carbocycles. The molecule has 23 heavy (non-hydrogen) atoms. The SMILES string of the molecule is CCc1ccc(CNC(=O)COC(=O)c2cccc(F)c2)cc1. The summed E-state index contributed by atoms with van der Waals surface area (Å²) in [6.45, 7) is 2.03. The summed E-state index contributed by atoms with van der Waals surface area (Å²) >= 11 is 0. The van der Waals surface area contributed by atoms with Crippen LogP contribution in [0.15, 0.2) is 48.5 Å². The Morgan fingerprint density at radius 1 is 1.09 bits per heavy atom. The molecule has 2 aromatic carbocycles. The highest BCUT2D eigenvalue weighted by molar-refractivity contribution is 5.91. The normalized spacial score (nSPS) is 10.2. The second kappa shape index (κ2) is 8.08. The Morgan fingerprint density at radius 3 is 2.43 bits per heavy atom. The van der Waals surface area contributed by atoms with E-state index in [2.05, 4.69) is 12.2 Å². The van der Waals surface area contributed by atoms with E-state index < -0.39 is 24.3 Å². The van der Waals surface area contributed by atoms with Crippen LogP contribution in [0, 0.1) is 5.82 Å². The van der Waals surface area contributed by atoms with E-state index in [0.29, 0.717) is 6.54 Å². The molecule has 0 heterocycles. The van der Waals surface area contributed by atoms with Gasteiger partial charge in [0.2, 0.25) is 0 Å². The molecule has 0 fully saturated rings. The third-order valence-electron chi connectivity index (χ3n) is 3.32. The van der Waals surface area contributed by atoms with Crippen LogP contribution in [0.4, 0.5) is 4.39 Å². The summed E-state index contributed by atoms with van der Waals surface area (Å²) in [6, 6.07) is 13.0. The standard InChI is InChI=1S/C18H18FNO3/c1-2-13-6-8-14(9-7-13)11-20-17(21)12-23-18(22)15-4-3-5-16(19)10-15/h3-10H,2,11-12H2,1H3,(H,20,21). The third kappa shape index (κ3) is 5.21. The van der Waals surface area contributed by atoms with Crippen LogP contribution in [0.2, 0.25) is 0 Å². The molecule has 5 heteroatoms. The van der Waals surface area contributed by atoms with E-state index in [1.807, 2.05) is 24.3 Å². The van der Waals surface area contributed by atoms with Gasteiger partial charge in [0.25, 0.3) is 5.91 Å². The molecule has 0 bridgehead atoms. The van der Waals surface area contributed by atoms with E-state index in [-0.39, 0.29) is 5.56 Å². The Balaban J connectivity index is 1.77. The smallest absolute Gasteiger partial charge is 0.338 e. The highest BCUT2D eigenvalue weighted by Gasteiger charge is 2.10. The van der Waals surface area contributed by atoms with E-state index >= 15 is 0 Å². The van der Waals surface area contributed by atoms with Crippen LogP contribution in [0.5, 0.6) is 0 Å². The second-order valence-electron chi connectivity index (χ2n) is 5.03. The zero-order valence-corrected chi connectivity index (χ0v) is 12.8. The average Bonchev–Trinajstić information content (AvgIpc) is 2.58. The Hall–Kier alpha value is -2.69. The first kappa shape index (κ1) is 16.7. The van der Waals surface area contributed by atoms with Gasteiger partial charge in [0.05, 0.1) is 5.56 Å². The van der Waals surface area contributed by atoms with E-state index in [1.54, 1.807) is 0 Å². The van der Waals surface area contributed by atoms with Crippen LogP contribution in [0.3, 0.4) is 0 Å². The summed E-state index contributed by atoms with van der Waals surface area (Å²) < 4.78 is 17.9. The molecular formula is C18H18FNO3. The molecule has 2 rings (SSSR count). The first-order chi connectivity index (χ1) is 11.1. The van der Waals surface area contributed by atoms with Gasteiger partial charge in [0.15, 0.2) is 6.61 Å². The predicted octanol–water partition coefficient (Wildman–Crippen LogP) is 2.86. The van der Waals surface area contributed by atoms with Gasteiger partial charge in [-0.3, -0.25) is 4.79 Å². The van der Waals surface area contributed by atoms with E-state index in [9.17, 15) is 14.0 Å². The molecule has 2 aromatic rings. The van der Waals surface area contributed by atoms with Crippen molar-refractivity contribution in [2.45, 2.75) is 19.9 Å². The molecule has 0 spiro atoms. The van der Waals surface area contributed by atoms with Crippen molar-refractivity contribution in [2.75, 3.05) is 6.61 Å². The van der Waals surface area contributed by atoms with Crippen molar-refractivity contribution in [3.8, 4) is 0 Å². The maximum Gasteiger partial charge on any atom is 0.338 e. The minimum Gasteiger partial charge on any atom is -0.452 e. The zero-order valence-electron chi connectivity index (χ0n) is 12.8. The Kier molecular flexibility index (Phi) is 5.86. The number of amides is 1. The molecule has 0 radical (unpaired) electrons. The largest absolute Gasteiger partial charge is 0.452 e. The third-order valence-corrected chi connectivity index (χ3v) is 3.32. The predicted molar refractivity (Wildman–Crippen MR) is 84.3 cm³/mol. The molecule has 0 aliphatic rings. The number of hydrogen-bond donors (Lipinski definition) is 1. The molecule has 0 unspecified atom stereocenters. The second-order valence-corrected chi connectivity index (χ2v) is 5.03. The van der Waals surface area contributed by atoms with Crippen molar-refractivity contribution in [3.63, 3.8) is 0 Å². The lowest BCUT2D eigenvalue weighted by molar-refractivity contribution is -0.124. The van der Waals surface area contributed by atoms with Gasteiger partial charge >= 0.3 is 5.97 Å². The van der Waals surface area contributed by atoms with E-state index in [0.717, 1.165) is 18.1 Å². The van der Waals surface area contributed by atoms with Gasteiger partial charge in [-0.15, -0.1) is 0 Å².